The summed E-state index contributed by atoms with van der Waals surface area (Å²) in [5.41, 5.74) is -0.729. The molecule has 2 heterocycles. The van der Waals surface area contributed by atoms with Crippen LogP contribution >= 0.6 is 0 Å². The summed E-state index contributed by atoms with van der Waals surface area (Å²) in [6.07, 6.45) is 6.32. The molecule has 1 aromatic heterocycles. The van der Waals surface area contributed by atoms with Gasteiger partial charge < -0.3 is 19.9 Å². The molecule has 0 bridgehead atoms. The zero-order valence-electron chi connectivity index (χ0n) is 10.7. The highest BCUT2D eigenvalue weighted by molar-refractivity contribution is 5.85. The third kappa shape index (κ3) is 3.30. The zero-order valence-corrected chi connectivity index (χ0v) is 10.7. The van der Waals surface area contributed by atoms with Crippen molar-refractivity contribution in [3.05, 3.63) is 18.7 Å². The maximum atomic E-state index is 12.0. The van der Waals surface area contributed by atoms with E-state index in [1.165, 1.54) is 0 Å². The van der Waals surface area contributed by atoms with Crippen molar-refractivity contribution in [1.29, 1.82) is 0 Å². The first-order valence-electron chi connectivity index (χ1n) is 6.29. The Morgan fingerprint density at radius 3 is 3.22 bits per heavy atom. The second-order valence-corrected chi connectivity index (χ2v) is 4.67. The van der Waals surface area contributed by atoms with E-state index in [0.717, 1.165) is 19.5 Å². The minimum atomic E-state index is -0.729. The lowest BCUT2D eigenvalue weighted by Gasteiger charge is -2.32. The van der Waals surface area contributed by atoms with Crippen LogP contribution in [0.2, 0.25) is 0 Å². The minimum Gasteiger partial charge on any atom is -0.363 e. The lowest BCUT2D eigenvalue weighted by molar-refractivity contribution is -0.147. The van der Waals surface area contributed by atoms with Crippen LogP contribution in [-0.2, 0) is 16.1 Å². The predicted molar refractivity (Wildman–Crippen MR) is 67.1 cm³/mol. The van der Waals surface area contributed by atoms with Gasteiger partial charge in [0.15, 0.2) is 5.60 Å². The van der Waals surface area contributed by atoms with Crippen molar-refractivity contribution in [2.24, 2.45) is 0 Å². The average Bonchev–Trinajstić information content (AvgIpc) is 2.88. The fourth-order valence-corrected chi connectivity index (χ4v) is 1.94. The molecule has 1 saturated heterocycles. The highest BCUT2D eigenvalue weighted by Gasteiger charge is 2.35. The summed E-state index contributed by atoms with van der Waals surface area (Å²) in [7, 11) is 0. The van der Waals surface area contributed by atoms with Crippen molar-refractivity contribution in [2.45, 2.75) is 25.5 Å². The van der Waals surface area contributed by atoms with Gasteiger partial charge in [-0.1, -0.05) is 0 Å². The largest absolute Gasteiger partial charge is 0.363 e. The maximum Gasteiger partial charge on any atom is 0.253 e. The van der Waals surface area contributed by atoms with Gasteiger partial charge in [-0.05, 0) is 13.3 Å². The first-order valence-corrected chi connectivity index (χ1v) is 6.29. The molecular formula is C12H20N4O2. The van der Waals surface area contributed by atoms with Gasteiger partial charge in [-0.15, -0.1) is 0 Å². The highest BCUT2D eigenvalue weighted by Crippen LogP contribution is 2.12. The molecule has 1 aliphatic heterocycles. The molecule has 0 saturated carbocycles. The first-order chi connectivity index (χ1) is 8.71. The normalized spacial score (nSPS) is 23.8. The molecule has 2 rings (SSSR count). The Labute approximate surface area is 107 Å². The molecule has 2 N–H and O–H groups in total. The number of aromatic nitrogens is 2. The van der Waals surface area contributed by atoms with E-state index in [9.17, 15) is 4.79 Å². The van der Waals surface area contributed by atoms with Crippen LogP contribution < -0.4 is 10.6 Å². The number of nitrogens with zero attached hydrogens (tertiary/aromatic N) is 2. The van der Waals surface area contributed by atoms with E-state index in [1.807, 2.05) is 17.7 Å². The SMILES string of the molecule is CC1(C(=O)NCCCn2ccnc2)CNCCO1. The van der Waals surface area contributed by atoms with E-state index in [4.69, 9.17) is 4.74 Å². The fraction of sp³-hybridized carbons (Fsp3) is 0.667. The Kier molecular flexibility index (Phi) is 4.33. The standard InChI is InChI=1S/C12H20N4O2/c1-12(9-13-5-8-18-12)11(17)15-3-2-6-16-7-4-14-10-16/h4,7,10,13H,2-3,5-6,8-9H2,1H3,(H,15,17). The molecule has 0 spiro atoms. The Hall–Kier alpha value is -1.40. The third-order valence-electron chi connectivity index (χ3n) is 3.08. The van der Waals surface area contributed by atoms with E-state index in [1.54, 1.807) is 12.5 Å². The molecule has 1 amide bonds. The summed E-state index contributed by atoms with van der Waals surface area (Å²) in [6.45, 7) is 5.29. The van der Waals surface area contributed by atoms with E-state index in [0.29, 0.717) is 19.7 Å². The summed E-state index contributed by atoms with van der Waals surface area (Å²) in [4.78, 5) is 16.0. The highest BCUT2D eigenvalue weighted by atomic mass is 16.5. The summed E-state index contributed by atoms with van der Waals surface area (Å²) >= 11 is 0. The van der Waals surface area contributed by atoms with Crippen molar-refractivity contribution >= 4 is 5.91 Å². The van der Waals surface area contributed by atoms with Gasteiger partial charge in [-0.2, -0.15) is 0 Å². The number of nitrogens with one attached hydrogen (secondary N) is 2. The molecule has 1 aliphatic rings. The van der Waals surface area contributed by atoms with Crippen molar-refractivity contribution < 1.29 is 9.53 Å². The van der Waals surface area contributed by atoms with Crippen LogP contribution in [-0.4, -0.2) is 47.3 Å². The quantitative estimate of drug-likeness (QED) is 0.710. The molecule has 0 aromatic carbocycles. The number of hydrogen-bond acceptors (Lipinski definition) is 4. The molecule has 0 radical (unpaired) electrons. The second kappa shape index (κ2) is 5.97. The van der Waals surface area contributed by atoms with Crippen molar-refractivity contribution in [3.63, 3.8) is 0 Å². The van der Waals surface area contributed by atoms with Gasteiger partial charge in [0.1, 0.15) is 0 Å². The smallest absolute Gasteiger partial charge is 0.253 e. The number of imidazole rings is 1. The van der Waals surface area contributed by atoms with Crippen molar-refractivity contribution in [3.8, 4) is 0 Å². The van der Waals surface area contributed by atoms with Crippen molar-refractivity contribution in [2.75, 3.05) is 26.2 Å². The van der Waals surface area contributed by atoms with Crippen LogP contribution in [0.15, 0.2) is 18.7 Å². The van der Waals surface area contributed by atoms with Crippen LogP contribution in [0.5, 0.6) is 0 Å². The number of carbonyl (C=O) groups is 1. The lowest BCUT2D eigenvalue weighted by Crippen LogP contribution is -2.57. The van der Waals surface area contributed by atoms with Gasteiger partial charge in [0.25, 0.3) is 5.91 Å². The maximum absolute atomic E-state index is 12.0. The number of amides is 1. The lowest BCUT2D eigenvalue weighted by atomic mass is 10.0. The summed E-state index contributed by atoms with van der Waals surface area (Å²) in [5.74, 6) is -0.0414. The molecule has 18 heavy (non-hydrogen) atoms. The van der Waals surface area contributed by atoms with Crippen LogP contribution in [0.25, 0.3) is 0 Å². The van der Waals surface area contributed by atoms with Gasteiger partial charge in [-0.25, -0.2) is 4.98 Å². The molecule has 6 nitrogen and oxygen atoms in total. The van der Waals surface area contributed by atoms with Gasteiger partial charge >= 0.3 is 0 Å². The van der Waals surface area contributed by atoms with Crippen molar-refractivity contribution in [1.82, 2.24) is 20.2 Å². The molecule has 1 unspecified atom stereocenters. The molecule has 0 aliphatic carbocycles. The minimum absolute atomic E-state index is 0.0414. The van der Waals surface area contributed by atoms with E-state index < -0.39 is 5.60 Å². The Morgan fingerprint density at radius 1 is 1.67 bits per heavy atom. The fourth-order valence-electron chi connectivity index (χ4n) is 1.94. The second-order valence-electron chi connectivity index (χ2n) is 4.67. The summed E-state index contributed by atoms with van der Waals surface area (Å²) in [5, 5.41) is 6.09. The van der Waals surface area contributed by atoms with Crippen LogP contribution in [0, 0.1) is 0 Å². The molecule has 1 aromatic rings. The Balaban J connectivity index is 1.68. The molecule has 6 heteroatoms. The van der Waals surface area contributed by atoms with E-state index >= 15 is 0 Å². The molecule has 100 valence electrons. The van der Waals surface area contributed by atoms with Gasteiger partial charge in [0.05, 0.1) is 12.9 Å². The Bertz CT molecular complexity index is 371. The number of hydrogen-bond donors (Lipinski definition) is 2. The number of morpholine rings is 1. The third-order valence-corrected chi connectivity index (χ3v) is 3.08. The first kappa shape index (κ1) is 13.0. The average molecular weight is 252 g/mol. The van der Waals surface area contributed by atoms with Crippen LogP contribution in [0.1, 0.15) is 13.3 Å². The predicted octanol–water partition coefficient (Wildman–Crippen LogP) is -0.232. The van der Waals surface area contributed by atoms with Gasteiger partial charge in [0, 0.05) is 38.6 Å². The van der Waals surface area contributed by atoms with Gasteiger partial charge in [0.2, 0.25) is 0 Å². The van der Waals surface area contributed by atoms with Gasteiger partial charge in [-0.3, -0.25) is 4.79 Å². The number of rotatable bonds is 5. The van der Waals surface area contributed by atoms with E-state index in [-0.39, 0.29) is 5.91 Å². The summed E-state index contributed by atoms with van der Waals surface area (Å²) < 4.78 is 7.53. The van der Waals surface area contributed by atoms with Crippen LogP contribution in [0.3, 0.4) is 0 Å². The number of aryl methyl sites for hydroxylation is 1. The summed E-state index contributed by atoms with van der Waals surface area (Å²) in [6, 6.07) is 0. The molecule has 1 atom stereocenters. The molecular weight excluding hydrogens is 232 g/mol. The zero-order chi connectivity index (χ0) is 12.8. The number of carbonyl (C=O) groups excluding carboxylic acids is 1. The topological polar surface area (TPSA) is 68.2 Å². The van der Waals surface area contributed by atoms with Crippen LogP contribution in [0.4, 0.5) is 0 Å². The Morgan fingerprint density at radius 2 is 2.56 bits per heavy atom. The van der Waals surface area contributed by atoms with E-state index in [2.05, 4.69) is 15.6 Å². The monoisotopic (exact) mass is 252 g/mol. The number of ether oxygens (including phenoxy) is 1. The molecule has 1 fully saturated rings.